The number of methoxy groups -OCH3 is 1. The van der Waals surface area contributed by atoms with Crippen molar-refractivity contribution in [1.82, 2.24) is 10.0 Å². The van der Waals surface area contributed by atoms with Gasteiger partial charge in [0.2, 0.25) is 5.09 Å². The molecule has 0 aromatic carbocycles. The first-order valence-corrected chi connectivity index (χ1v) is 7.93. The van der Waals surface area contributed by atoms with Crippen LogP contribution in [0.25, 0.3) is 0 Å². The van der Waals surface area contributed by atoms with Gasteiger partial charge in [-0.2, -0.15) is 0 Å². The standard InChI is InChI=1S/C12H20N2O5S/c1-18-7-6-13-8-10-2-3-11(19-10)20(16,17)14-12(9-15)4-5-12/h2-3,13-15H,4-9H2,1H3. The van der Waals surface area contributed by atoms with Gasteiger partial charge in [0.05, 0.1) is 25.3 Å². The Kier molecular flexibility index (Phi) is 4.82. The number of hydrogen-bond acceptors (Lipinski definition) is 6. The van der Waals surface area contributed by atoms with E-state index in [0.29, 0.717) is 38.3 Å². The van der Waals surface area contributed by atoms with Gasteiger partial charge in [-0.15, -0.1) is 0 Å². The maximum atomic E-state index is 12.1. The average Bonchev–Trinajstić information content (AvgIpc) is 3.00. The molecular formula is C12H20N2O5S. The molecule has 0 radical (unpaired) electrons. The Morgan fingerprint density at radius 3 is 2.80 bits per heavy atom. The summed E-state index contributed by atoms with van der Waals surface area (Å²) >= 11 is 0. The van der Waals surface area contributed by atoms with E-state index < -0.39 is 15.6 Å². The minimum atomic E-state index is -3.71. The lowest BCUT2D eigenvalue weighted by molar-refractivity contribution is 0.198. The third-order valence-corrected chi connectivity index (χ3v) is 4.64. The molecule has 0 unspecified atom stereocenters. The monoisotopic (exact) mass is 304 g/mol. The van der Waals surface area contributed by atoms with Crippen LogP contribution >= 0.6 is 0 Å². The quantitative estimate of drug-likeness (QED) is 0.547. The first-order chi connectivity index (χ1) is 9.51. The summed E-state index contributed by atoms with van der Waals surface area (Å²) in [6.07, 6.45) is 1.30. The number of aliphatic hydroxyl groups is 1. The predicted octanol–water partition coefficient (Wildman–Crippen LogP) is -0.181. The van der Waals surface area contributed by atoms with Gasteiger partial charge in [-0.1, -0.05) is 0 Å². The highest BCUT2D eigenvalue weighted by Crippen LogP contribution is 2.36. The molecule has 8 heteroatoms. The van der Waals surface area contributed by atoms with Crippen LogP contribution < -0.4 is 10.0 Å². The topological polar surface area (TPSA) is 101 Å². The number of ether oxygens (including phenoxy) is 1. The minimum Gasteiger partial charge on any atom is -0.447 e. The van der Waals surface area contributed by atoms with Gasteiger partial charge in [-0.25, -0.2) is 13.1 Å². The van der Waals surface area contributed by atoms with Crippen molar-refractivity contribution in [2.45, 2.75) is 30.0 Å². The lowest BCUT2D eigenvalue weighted by atomic mass is 10.3. The van der Waals surface area contributed by atoms with Crippen molar-refractivity contribution in [2.24, 2.45) is 0 Å². The molecule has 0 amide bonds. The van der Waals surface area contributed by atoms with E-state index in [1.807, 2.05) is 0 Å². The second kappa shape index (κ2) is 6.23. The Hall–Kier alpha value is -0.930. The van der Waals surface area contributed by atoms with Gasteiger partial charge in [0, 0.05) is 13.7 Å². The minimum absolute atomic E-state index is 0.124. The SMILES string of the molecule is COCCNCc1ccc(S(=O)(=O)NC2(CO)CC2)o1. The molecule has 114 valence electrons. The maximum absolute atomic E-state index is 12.1. The highest BCUT2D eigenvalue weighted by atomic mass is 32.2. The molecule has 0 bridgehead atoms. The summed E-state index contributed by atoms with van der Waals surface area (Å²) in [7, 11) is -2.10. The Morgan fingerprint density at radius 1 is 1.45 bits per heavy atom. The Bertz CT molecular complexity index is 536. The molecule has 1 aliphatic rings. The van der Waals surface area contributed by atoms with Gasteiger partial charge in [0.25, 0.3) is 10.0 Å². The lowest BCUT2D eigenvalue weighted by Gasteiger charge is -2.12. The van der Waals surface area contributed by atoms with Gasteiger partial charge in [0.15, 0.2) is 0 Å². The van der Waals surface area contributed by atoms with Gasteiger partial charge in [0.1, 0.15) is 5.76 Å². The van der Waals surface area contributed by atoms with E-state index in [2.05, 4.69) is 10.0 Å². The van der Waals surface area contributed by atoms with Crippen LogP contribution in [0.1, 0.15) is 18.6 Å². The van der Waals surface area contributed by atoms with Crippen molar-refractivity contribution in [3.05, 3.63) is 17.9 Å². The van der Waals surface area contributed by atoms with E-state index in [-0.39, 0.29) is 11.7 Å². The number of rotatable bonds is 9. The molecule has 0 atom stereocenters. The van der Waals surface area contributed by atoms with E-state index in [1.54, 1.807) is 13.2 Å². The van der Waals surface area contributed by atoms with Gasteiger partial charge in [-0.3, -0.25) is 0 Å². The molecule has 0 aliphatic heterocycles. The zero-order valence-corrected chi connectivity index (χ0v) is 12.2. The lowest BCUT2D eigenvalue weighted by Crippen LogP contribution is -2.39. The van der Waals surface area contributed by atoms with E-state index >= 15 is 0 Å². The van der Waals surface area contributed by atoms with Crippen LogP contribution in [0.4, 0.5) is 0 Å². The molecule has 1 aliphatic carbocycles. The first-order valence-electron chi connectivity index (χ1n) is 6.44. The van der Waals surface area contributed by atoms with E-state index in [4.69, 9.17) is 14.3 Å². The second-order valence-electron chi connectivity index (χ2n) is 4.93. The molecule has 0 saturated heterocycles. The normalized spacial score (nSPS) is 17.3. The number of sulfonamides is 1. The van der Waals surface area contributed by atoms with Crippen LogP contribution in [-0.4, -0.2) is 45.9 Å². The van der Waals surface area contributed by atoms with Crippen LogP contribution in [0.3, 0.4) is 0 Å². The van der Waals surface area contributed by atoms with E-state index in [0.717, 1.165) is 0 Å². The Morgan fingerprint density at radius 2 is 2.20 bits per heavy atom. The molecule has 1 fully saturated rings. The van der Waals surface area contributed by atoms with Crippen molar-refractivity contribution in [2.75, 3.05) is 26.9 Å². The summed E-state index contributed by atoms with van der Waals surface area (Å²) in [5, 5.41) is 12.1. The largest absolute Gasteiger partial charge is 0.447 e. The van der Waals surface area contributed by atoms with Gasteiger partial charge < -0.3 is 19.6 Å². The predicted molar refractivity (Wildman–Crippen MR) is 71.7 cm³/mol. The smallest absolute Gasteiger partial charge is 0.274 e. The Balaban J connectivity index is 1.93. The fourth-order valence-corrected chi connectivity index (χ4v) is 3.17. The molecule has 0 spiro atoms. The van der Waals surface area contributed by atoms with Crippen LogP contribution in [0.5, 0.6) is 0 Å². The van der Waals surface area contributed by atoms with Crippen LogP contribution in [0.15, 0.2) is 21.6 Å². The summed E-state index contributed by atoms with van der Waals surface area (Å²) in [6.45, 7) is 1.47. The summed E-state index contributed by atoms with van der Waals surface area (Å²) in [4.78, 5) is 0. The summed E-state index contributed by atoms with van der Waals surface area (Å²) in [5.74, 6) is 0.537. The molecule has 2 rings (SSSR count). The van der Waals surface area contributed by atoms with Crippen molar-refractivity contribution in [1.29, 1.82) is 0 Å². The molecule has 1 aromatic heterocycles. The maximum Gasteiger partial charge on any atom is 0.274 e. The van der Waals surface area contributed by atoms with Crippen molar-refractivity contribution >= 4 is 10.0 Å². The Labute approximate surface area is 118 Å². The zero-order chi connectivity index (χ0) is 14.6. The van der Waals surface area contributed by atoms with Gasteiger partial charge in [-0.05, 0) is 25.0 Å². The molecule has 20 heavy (non-hydrogen) atoms. The number of furan rings is 1. The highest BCUT2D eigenvalue weighted by Gasteiger charge is 2.46. The van der Waals surface area contributed by atoms with Crippen LogP contribution in [0, 0.1) is 0 Å². The molecule has 1 aromatic rings. The third kappa shape index (κ3) is 3.80. The first kappa shape index (κ1) is 15.5. The molecule has 7 nitrogen and oxygen atoms in total. The third-order valence-electron chi connectivity index (χ3n) is 3.19. The molecular weight excluding hydrogens is 284 g/mol. The summed E-state index contributed by atoms with van der Waals surface area (Å²) in [6, 6.07) is 3.04. The van der Waals surface area contributed by atoms with Crippen LogP contribution in [-0.2, 0) is 21.3 Å². The molecule has 1 heterocycles. The number of aliphatic hydroxyl groups excluding tert-OH is 1. The number of nitrogens with one attached hydrogen (secondary N) is 2. The highest BCUT2D eigenvalue weighted by molar-refractivity contribution is 7.89. The van der Waals surface area contributed by atoms with Crippen molar-refractivity contribution < 1.29 is 22.7 Å². The fourth-order valence-electron chi connectivity index (χ4n) is 1.76. The zero-order valence-electron chi connectivity index (χ0n) is 11.4. The summed E-state index contributed by atoms with van der Waals surface area (Å²) < 4.78 is 36.8. The van der Waals surface area contributed by atoms with Crippen molar-refractivity contribution in [3.8, 4) is 0 Å². The summed E-state index contributed by atoms with van der Waals surface area (Å²) in [5.41, 5.74) is -0.692. The van der Waals surface area contributed by atoms with E-state index in [9.17, 15) is 8.42 Å². The van der Waals surface area contributed by atoms with Crippen LogP contribution in [0.2, 0.25) is 0 Å². The average molecular weight is 304 g/mol. The second-order valence-corrected chi connectivity index (χ2v) is 6.55. The fraction of sp³-hybridized carbons (Fsp3) is 0.667. The van der Waals surface area contributed by atoms with E-state index in [1.165, 1.54) is 6.07 Å². The van der Waals surface area contributed by atoms with Gasteiger partial charge >= 0.3 is 0 Å². The molecule has 1 saturated carbocycles. The molecule has 3 N–H and O–H groups in total. The van der Waals surface area contributed by atoms with Crippen molar-refractivity contribution in [3.63, 3.8) is 0 Å². The number of hydrogen-bond donors (Lipinski definition) is 3.